The third kappa shape index (κ3) is 2.77. The van der Waals surface area contributed by atoms with Gasteiger partial charge in [0, 0.05) is 29.3 Å². The summed E-state index contributed by atoms with van der Waals surface area (Å²) in [5.41, 5.74) is 2.55. The summed E-state index contributed by atoms with van der Waals surface area (Å²) in [6, 6.07) is 2.37. The number of aromatic nitrogens is 2. The number of carbonyl (C=O) groups is 1. The summed E-state index contributed by atoms with van der Waals surface area (Å²) in [4.78, 5) is 14.4. The van der Waals surface area contributed by atoms with Gasteiger partial charge in [0.15, 0.2) is 0 Å². The number of rotatable bonds is 4. The van der Waals surface area contributed by atoms with Gasteiger partial charge < -0.3 is 14.0 Å². The molecular formula is C15H18BrN3O2. The van der Waals surface area contributed by atoms with E-state index in [4.69, 9.17) is 4.52 Å². The van der Waals surface area contributed by atoms with Gasteiger partial charge in [0.25, 0.3) is 5.91 Å². The van der Waals surface area contributed by atoms with E-state index in [0.29, 0.717) is 12.6 Å². The van der Waals surface area contributed by atoms with E-state index < -0.39 is 0 Å². The lowest BCUT2D eigenvalue weighted by Crippen LogP contribution is -2.28. The lowest BCUT2D eigenvalue weighted by atomic mass is 10.2. The Morgan fingerprint density at radius 3 is 2.81 bits per heavy atom. The van der Waals surface area contributed by atoms with E-state index in [1.165, 1.54) is 0 Å². The average Bonchev–Trinajstić information content (AvgIpc) is 3.16. The van der Waals surface area contributed by atoms with Crippen LogP contribution in [0.5, 0.6) is 0 Å². The highest BCUT2D eigenvalue weighted by Crippen LogP contribution is 2.37. The summed E-state index contributed by atoms with van der Waals surface area (Å²) < 4.78 is 8.18. The van der Waals surface area contributed by atoms with Gasteiger partial charge in [0.1, 0.15) is 11.5 Å². The zero-order chi connectivity index (χ0) is 15.1. The fourth-order valence-corrected chi connectivity index (χ4v) is 2.94. The highest BCUT2D eigenvalue weighted by Gasteiger charge is 2.29. The Morgan fingerprint density at radius 2 is 2.24 bits per heavy atom. The minimum atomic E-state index is 0.0209. The Balaban J connectivity index is 1.81. The van der Waals surface area contributed by atoms with Crippen LogP contribution in [0.25, 0.3) is 0 Å². The molecule has 1 saturated carbocycles. The quantitative estimate of drug-likeness (QED) is 0.847. The molecule has 0 atom stereocenters. The van der Waals surface area contributed by atoms with Gasteiger partial charge in [0.05, 0.1) is 12.2 Å². The first-order valence-electron chi connectivity index (χ1n) is 7.02. The van der Waals surface area contributed by atoms with Gasteiger partial charge in [-0.3, -0.25) is 4.79 Å². The molecule has 0 bridgehead atoms. The topological polar surface area (TPSA) is 51.3 Å². The molecule has 0 spiro atoms. The molecule has 0 radical (unpaired) electrons. The summed E-state index contributed by atoms with van der Waals surface area (Å²) in [6.45, 7) is 4.28. The van der Waals surface area contributed by atoms with Crippen molar-refractivity contribution in [1.29, 1.82) is 0 Å². The second-order valence-electron chi connectivity index (χ2n) is 5.65. The second kappa shape index (κ2) is 5.33. The Labute approximate surface area is 132 Å². The standard InChI is InChI=1S/C15H18BrN3O2/c1-9-13(10(2)21-17-9)8-18(3)15(20)14-6-11(16)7-19(14)12-4-5-12/h6-7,12H,4-5,8H2,1-3H3. The lowest BCUT2D eigenvalue weighted by molar-refractivity contribution is 0.0773. The average molecular weight is 352 g/mol. The minimum Gasteiger partial charge on any atom is -0.361 e. The Kier molecular flexibility index (Phi) is 3.65. The van der Waals surface area contributed by atoms with Crippen LogP contribution < -0.4 is 0 Å². The van der Waals surface area contributed by atoms with E-state index in [-0.39, 0.29) is 5.91 Å². The first-order chi connectivity index (χ1) is 9.97. The predicted octanol–water partition coefficient (Wildman–Crippen LogP) is 3.46. The van der Waals surface area contributed by atoms with Gasteiger partial charge in [-0.05, 0) is 48.7 Å². The molecule has 0 N–H and O–H groups in total. The first kappa shape index (κ1) is 14.4. The largest absolute Gasteiger partial charge is 0.361 e. The highest BCUT2D eigenvalue weighted by atomic mass is 79.9. The number of hydrogen-bond donors (Lipinski definition) is 0. The zero-order valence-electron chi connectivity index (χ0n) is 12.4. The molecule has 3 rings (SSSR count). The maximum Gasteiger partial charge on any atom is 0.270 e. The number of hydrogen-bond acceptors (Lipinski definition) is 3. The Morgan fingerprint density at radius 1 is 1.52 bits per heavy atom. The molecule has 0 saturated heterocycles. The molecule has 5 nitrogen and oxygen atoms in total. The van der Waals surface area contributed by atoms with Crippen LogP contribution in [0.1, 0.15) is 46.4 Å². The van der Waals surface area contributed by atoms with Gasteiger partial charge in [0.2, 0.25) is 0 Å². The molecule has 0 unspecified atom stereocenters. The van der Waals surface area contributed by atoms with Crippen molar-refractivity contribution in [3.8, 4) is 0 Å². The van der Waals surface area contributed by atoms with E-state index in [0.717, 1.165) is 40.0 Å². The van der Waals surface area contributed by atoms with Crippen LogP contribution in [0, 0.1) is 13.8 Å². The van der Waals surface area contributed by atoms with Gasteiger partial charge >= 0.3 is 0 Å². The summed E-state index contributed by atoms with van der Waals surface area (Å²) in [5, 5.41) is 3.94. The van der Waals surface area contributed by atoms with Crippen molar-refractivity contribution >= 4 is 21.8 Å². The normalized spacial score (nSPS) is 14.5. The van der Waals surface area contributed by atoms with Gasteiger partial charge in [-0.25, -0.2) is 0 Å². The van der Waals surface area contributed by atoms with Gasteiger partial charge in [-0.1, -0.05) is 5.16 Å². The summed E-state index contributed by atoms with van der Waals surface area (Å²) in [6.07, 6.45) is 4.29. The van der Waals surface area contributed by atoms with Crippen molar-refractivity contribution in [3.63, 3.8) is 0 Å². The third-order valence-electron chi connectivity index (χ3n) is 3.90. The van der Waals surface area contributed by atoms with E-state index in [1.807, 2.05) is 33.2 Å². The SMILES string of the molecule is Cc1noc(C)c1CN(C)C(=O)c1cc(Br)cn1C1CC1. The number of amides is 1. The maximum atomic E-state index is 12.7. The van der Waals surface area contributed by atoms with Crippen molar-refractivity contribution in [3.05, 3.63) is 39.4 Å². The van der Waals surface area contributed by atoms with Crippen molar-refractivity contribution in [1.82, 2.24) is 14.6 Å². The molecule has 2 aromatic rings. The number of aryl methyl sites for hydroxylation is 2. The molecule has 0 aromatic carbocycles. The summed E-state index contributed by atoms with van der Waals surface area (Å²) in [5.74, 6) is 0.790. The van der Waals surface area contributed by atoms with Crippen molar-refractivity contribution in [2.45, 2.75) is 39.3 Å². The van der Waals surface area contributed by atoms with Crippen molar-refractivity contribution < 1.29 is 9.32 Å². The monoisotopic (exact) mass is 351 g/mol. The summed E-state index contributed by atoms with van der Waals surface area (Å²) >= 11 is 3.46. The maximum absolute atomic E-state index is 12.7. The molecule has 1 fully saturated rings. The minimum absolute atomic E-state index is 0.0209. The third-order valence-corrected chi connectivity index (χ3v) is 4.33. The van der Waals surface area contributed by atoms with Crippen molar-refractivity contribution in [2.75, 3.05) is 7.05 Å². The molecular weight excluding hydrogens is 334 g/mol. The van der Waals surface area contributed by atoms with Crippen LogP contribution in [0.4, 0.5) is 0 Å². The highest BCUT2D eigenvalue weighted by molar-refractivity contribution is 9.10. The molecule has 1 amide bonds. The molecule has 2 aromatic heterocycles. The van der Waals surface area contributed by atoms with E-state index in [1.54, 1.807) is 4.90 Å². The lowest BCUT2D eigenvalue weighted by Gasteiger charge is -2.18. The van der Waals surface area contributed by atoms with Crippen LogP contribution in [0.2, 0.25) is 0 Å². The zero-order valence-corrected chi connectivity index (χ0v) is 14.0. The Hall–Kier alpha value is -1.56. The van der Waals surface area contributed by atoms with E-state index >= 15 is 0 Å². The number of nitrogens with zero attached hydrogens (tertiary/aromatic N) is 3. The van der Waals surface area contributed by atoms with Crippen molar-refractivity contribution in [2.24, 2.45) is 0 Å². The fraction of sp³-hybridized carbons (Fsp3) is 0.467. The number of carbonyl (C=O) groups excluding carboxylic acids is 1. The molecule has 0 aliphatic heterocycles. The van der Waals surface area contributed by atoms with Gasteiger partial charge in [-0.2, -0.15) is 0 Å². The molecule has 1 aliphatic carbocycles. The molecule has 21 heavy (non-hydrogen) atoms. The van der Waals surface area contributed by atoms with Crippen LogP contribution in [-0.4, -0.2) is 27.6 Å². The van der Waals surface area contributed by atoms with Crippen LogP contribution in [-0.2, 0) is 6.54 Å². The predicted molar refractivity (Wildman–Crippen MR) is 82.2 cm³/mol. The second-order valence-corrected chi connectivity index (χ2v) is 6.56. The van der Waals surface area contributed by atoms with E-state index in [9.17, 15) is 4.79 Å². The smallest absolute Gasteiger partial charge is 0.270 e. The molecule has 6 heteroatoms. The molecule has 2 heterocycles. The van der Waals surface area contributed by atoms with Gasteiger partial charge in [-0.15, -0.1) is 0 Å². The van der Waals surface area contributed by atoms with E-state index in [2.05, 4.69) is 25.7 Å². The first-order valence-corrected chi connectivity index (χ1v) is 7.81. The molecule has 1 aliphatic rings. The summed E-state index contributed by atoms with van der Waals surface area (Å²) in [7, 11) is 1.81. The fourth-order valence-electron chi connectivity index (χ4n) is 2.50. The number of halogens is 1. The molecule has 112 valence electrons. The van der Waals surface area contributed by atoms with Crippen LogP contribution in [0.3, 0.4) is 0 Å². The van der Waals surface area contributed by atoms with Crippen LogP contribution in [0.15, 0.2) is 21.3 Å². The van der Waals surface area contributed by atoms with Crippen LogP contribution >= 0.6 is 15.9 Å². The Bertz CT molecular complexity index is 666.